The molecule has 0 saturated carbocycles. The van der Waals surface area contributed by atoms with Crippen LogP contribution in [0.3, 0.4) is 0 Å². The van der Waals surface area contributed by atoms with Gasteiger partial charge in [0, 0.05) is 69.5 Å². The molecule has 0 aliphatic carbocycles. The maximum atomic E-state index is 13.2. The van der Waals surface area contributed by atoms with Gasteiger partial charge in [-0.25, -0.2) is 4.98 Å². The van der Waals surface area contributed by atoms with Gasteiger partial charge in [-0.3, -0.25) is 9.48 Å². The van der Waals surface area contributed by atoms with Gasteiger partial charge in [0.25, 0.3) is 0 Å². The third kappa shape index (κ3) is 4.10. The van der Waals surface area contributed by atoms with E-state index in [1.54, 1.807) is 7.11 Å². The van der Waals surface area contributed by atoms with Crippen molar-refractivity contribution in [3.05, 3.63) is 42.2 Å². The zero-order chi connectivity index (χ0) is 22.9. The summed E-state index contributed by atoms with van der Waals surface area (Å²) in [7, 11) is 3.66. The molecule has 0 spiro atoms. The van der Waals surface area contributed by atoms with Crippen molar-refractivity contribution in [2.45, 2.75) is 19.8 Å². The lowest BCUT2D eigenvalue weighted by molar-refractivity contribution is -0.136. The Labute approximate surface area is 194 Å². The van der Waals surface area contributed by atoms with Crippen molar-refractivity contribution in [2.24, 2.45) is 13.0 Å². The molecule has 0 N–H and O–H groups in total. The Bertz CT molecular complexity index is 1130. The van der Waals surface area contributed by atoms with E-state index in [1.807, 2.05) is 43.0 Å². The summed E-state index contributed by atoms with van der Waals surface area (Å²) in [6, 6.07) is 10.2. The SMILES string of the molecule is COc1ccc(N2CCN(C(=O)C3CCN(c4nccc5c(C)nn(C)c45)CC3)CC2)cc1. The highest BCUT2D eigenvalue weighted by Gasteiger charge is 2.31. The number of fused-ring (bicyclic) bond motifs is 1. The molecule has 5 rings (SSSR count). The van der Waals surface area contributed by atoms with Crippen LogP contribution in [0, 0.1) is 12.8 Å². The average molecular weight is 449 g/mol. The van der Waals surface area contributed by atoms with Crippen molar-refractivity contribution in [3.63, 3.8) is 0 Å². The molecule has 2 saturated heterocycles. The van der Waals surface area contributed by atoms with Gasteiger partial charge in [-0.05, 0) is 50.1 Å². The minimum atomic E-state index is 0.0984. The molecule has 4 heterocycles. The lowest BCUT2D eigenvalue weighted by Crippen LogP contribution is -2.51. The highest BCUT2D eigenvalue weighted by atomic mass is 16.5. The predicted octanol–water partition coefficient (Wildman–Crippen LogP) is 2.85. The van der Waals surface area contributed by atoms with Crippen LogP contribution in [0.15, 0.2) is 36.5 Å². The minimum Gasteiger partial charge on any atom is -0.497 e. The van der Waals surface area contributed by atoms with Crippen LogP contribution in [0.2, 0.25) is 0 Å². The van der Waals surface area contributed by atoms with Crippen molar-refractivity contribution < 1.29 is 9.53 Å². The molecule has 1 aromatic carbocycles. The first-order valence-corrected chi connectivity index (χ1v) is 11.8. The van der Waals surface area contributed by atoms with Crippen LogP contribution in [0.25, 0.3) is 10.9 Å². The normalized spacial score (nSPS) is 17.6. The Morgan fingerprint density at radius 1 is 0.970 bits per heavy atom. The fraction of sp³-hybridized carbons (Fsp3) is 0.480. The average Bonchev–Trinajstić information content (AvgIpc) is 3.17. The topological polar surface area (TPSA) is 66.7 Å². The van der Waals surface area contributed by atoms with Crippen molar-refractivity contribution in [2.75, 3.05) is 56.2 Å². The molecule has 0 atom stereocenters. The largest absolute Gasteiger partial charge is 0.497 e. The molecule has 2 aromatic heterocycles. The van der Waals surface area contributed by atoms with Crippen molar-refractivity contribution in [3.8, 4) is 5.75 Å². The maximum absolute atomic E-state index is 13.2. The number of hydrogen-bond acceptors (Lipinski definition) is 6. The molecular formula is C25H32N6O2. The second-order valence-corrected chi connectivity index (χ2v) is 9.01. The van der Waals surface area contributed by atoms with E-state index in [4.69, 9.17) is 4.74 Å². The van der Waals surface area contributed by atoms with Crippen LogP contribution in [0.1, 0.15) is 18.5 Å². The summed E-state index contributed by atoms with van der Waals surface area (Å²) in [6.07, 6.45) is 3.60. The summed E-state index contributed by atoms with van der Waals surface area (Å²) in [5.41, 5.74) is 3.28. The molecule has 0 bridgehead atoms. The Hall–Kier alpha value is -3.29. The van der Waals surface area contributed by atoms with Crippen molar-refractivity contribution in [1.82, 2.24) is 19.7 Å². The molecule has 2 aliphatic rings. The Kier molecular flexibility index (Phi) is 5.83. The van der Waals surface area contributed by atoms with Crippen LogP contribution < -0.4 is 14.5 Å². The number of rotatable bonds is 4. The summed E-state index contributed by atoms with van der Waals surface area (Å²) in [5, 5.41) is 5.71. The second-order valence-electron chi connectivity index (χ2n) is 9.01. The molecule has 2 fully saturated rings. The fourth-order valence-electron chi connectivity index (χ4n) is 5.19. The van der Waals surface area contributed by atoms with Gasteiger partial charge in [0.15, 0.2) is 5.82 Å². The second kappa shape index (κ2) is 8.92. The standard InChI is InChI=1S/C25H32N6O2/c1-18-22-8-11-26-24(23(22)28(2)27-18)30-12-9-19(10-13-30)25(32)31-16-14-29(15-17-31)20-4-6-21(33-3)7-5-20/h4-8,11,19H,9-10,12-17H2,1-3H3. The molecule has 33 heavy (non-hydrogen) atoms. The first-order chi connectivity index (χ1) is 16.0. The summed E-state index contributed by atoms with van der Waals surface area (Å²) in [5.74, 6) is 2.26. The number of amides is 1. The molecule has 174 valence electrons. The lowest BCUT2D eigenvalue weighted by atomic mass is 9.94. The highest BCUT2D eigenvalue weighted by Crippen LogP contribution is 2.30. The van der Waals surface area contributed by atoms with E-state index in [0.29, 0.717) is 5.91 Å². The number of anilines is 2. The van der Waals surface area contributed by atoms with Gasteiger partial charge >= 0.3 is 0 Å². The van der Waals surface area contributed by atoms with Crippen LogP contribution in [0.4, 0.5) is 11.5 Å². The number of piperidine rings is 1. The van der Waals surface area contributed by atoms with Gasteiger partial charge in [-0.1, -0.05) is 0 Å². The van der Waals surface area contributed by atoms with E-state index >= 15 is 0 Å². The number of aromatic nitrogens is 3. The van der Waals surface area contributed by atoms with Gasteiger partial charge in [-0.2, -0.15) is 5.10 Å². The number of carbonyl (C=O) groups excluding carboxylic acids is 1. The monoisotopic (exact) mass is 448 g/mol. The van der Waals surface area contributed by atoms with Gasteiger partial charge in [-0.15, -0.1) is 0 Å². The molecule has 0 unspecified atom stereocenters. The molecule has 1 amide bonds. The van der Waals surface area contributed by atoms with Gasteiger partial charge in [0.05, 0.1) is 12.8 Å². The first-order valence-electron chi connectivity index (χ1n) is 11.8. The van der Waals surface area contributed by atoms with Crippen molar-refractivity contribution in [1.29, 1.82) is 0 Å². The summed E-state index contributed by atoms with van der Waals surface area (Å²) in [6.45, 7) is 7.01. The third-order valence-electron chi connectivity index (χ3n) is 7.09. The van der Waals surface area contributed by atoms with Crippen molar-refractivity contribution >= 4 is 28.3 Å². The third-order valence-corrected chi connectivity index (χ3v) is 7.09. The van der Waals surface area contributed by atoms with Crippen LogP contribution in [-0.2, 0) is 11.8 Å². The lowest BCUT2D eigenvalue weighted by Gasteiger charge is -2.39. The fourth-order valence-corrected chi connectivity index (χ4v) is 5.19. The van der Waals surface area contributed by atoms with E-state index in [9.17, 15) is 4.79 Å². The molecule has 2 aliphatic heterocycles. The smallest absolute Gasteiger partial charge is 0.225 e. The van der Waals surface area contributed by atoms with E-state index in [1.165, 1.54) is 5.69 Å². The molecule has 3 aromatic rings. The first kappa shape index (κ1) is 21.6. The number of benzene rings is 1. The Balaban J connectivity index is 1.18. The zero-order valence-electron chi connectivity index (χ0n) is 19.7. The van der Waals surface area contributed by atoms with Crippen LogP contribution >= 0.6 is 0 Å². The van der Waals surface area contributed by atoms with Gasteiger partial charge < -0.3 is 19.4 Å². The Morgan fingerprint density at radius 2 is 1.67 bits per heavy atom. The van der Waals surface area contributed by atoms with Crippen LogP contribution in [0.5, 0.6) is 5.75 Å². The van der Waals surface area contributed by atoms with E-state index in [-0.39, 0.29) is 5.92 Å². The molecular weight excluding hydrogens is 416 g/mol. The molecule has 8 heteroatoms. The van der Waals surface area contributed by atoms with E-state index in [2.05, 4.69) is 36.9 Å². The van der Waals surface area contributed by atoms with E-state index in [0.717, 1.165) is 80.3 Å². The number of methoxy groups -OCH3 is 1. The Morgan fingerprint density at radius 3 is 2.33 bits per heavy atom. The summed E-state index contributed by atoms with van der Waals surface area (Å²) < 4.78 is 7.18. The quantitative estimate of drug-likeness (QED) is 0.612. The number of piperazine rings is 1. The number of aryl methyl sites for hydroxylation is 2. The zero-order valence-corrected chi connectivity index (χ0v) is 19.7. The van der Waals surface area contributed by atoms with Gasteiger partial charge in [0.1, 0.15) is 11.3 Å². The molecule has 8 nitrogen and oxygen atoms in total. The molecule has 0 radical (unpaired) electrons. The minimum absolute atomic E-state index is 0.0984. The van der Waals surface area contributed by atoms with E-state index < -0.39 is 0 Å². The number of pyridine rings is 1. The summed E-state index contributed by atoms with van der Waals surface area (Å²) in [4.78, 5) is 24.6. The summed E-state index contributed by atoms with van der Waals surface area (Å²) >= 11 is 0. The van der Waals surface area contributed by atoms with Crippen LogP contribution in [-0.4, -0.2) is 71.9 Å². The number of nitrogens with zero attached hydrogens (tertiary/aromatic N) is 6. The predicted molar refractivity (Wildman–Crippen MR) is 130 cm³/mol. The number of hydrogen-bond donors (Lipinski definition) is 0. The maximum Gasteiger partial charge on any atom is 0.225 e. The van der Waals surface area contributed by atoms with Gasteiger partial charge in [0.2, 0.25) is 5.91 Å². The highest BCUT2D eigenvalue weighted by molar-refractivity contribution is 5.91. The number of ether oxygens (including phenoxy) is 1. The number of carbonyl (C=O) groups is 1.